The van der Waals surface area contributed by atoms with Gasteiger partial charge in [-0.2, -0.15) is 0 Å². The minimum Gasteiger partial charge on any atom is -0.491 e. The van der Waals surface area contributed by atoms with Crippen molar-refractivity contribution in [3.05, 3.63) is 29.8 Å². The quantitative estimate of drug-likeness (QED) is 0.639. The summed E-state index contributed by atoms with van der Waals surface area (Å²) in [5, 5.41) is 0. The summed E-state index contributed by atoms with van der Waals surface area (Å²) in [4.78, 5) is 0. The fourth-order valence-corrected chi connectivity index (χ4v) is 0.880. The van der Waals surface area contributed by atoms with E-state index in [1.165, 1.54) is 0 Å². The van der Waals surface area contributed by atoms with Crippen molar-refractivity contribution in [2.75, 3.05) is 20.3 Å². The van der Waals surface area contributed by atoms with Crippen LogP contribution in [0.4, 0.5) is 0 Å². The van der Waals surface area contributed by atoms with Gasteiger partial charge >= 0.3 is 0 Å². The van der Waals surface area contributed by atoms with Crippen LogP contribution < -0.4 is 4.74 Å². The number of ether oxygens (including phenoxy) is 2. The smallest absolute Gasteiger partial charge is 0.122 e. The predicted molar refractivity (Wildman–Crippen MR) is 48.6 cm³/mol. The normalized spacial score (nSPS) is 10.9. The first kappa shape index (κ1) is 7.62. The lowest BCUT2D eigenvalue weighted by Gasteiger charge is -2.07. The van der Waals surface area contributed by atoms with Gasteiger partial charge in [-0.3, -0.25) is 0 Å². The fourth-order valence-electron chi connectivity index (χ4n) is 0.880. The summed E-state index contributed by atoms with van der Waals surface area (Å²) in [6.07, 6.45) is 0. The Morgan fingerprint density at radius 1 is 1.33 bits per heavy atom. The third-order valence-electron chi connectivity index (χ3n) is 1.52. The van der Waals surface area contributed by atoms with E-state index in [0.717, 1.165) is 11.3 Å². The minimum atomic E-state index is 0.253. The summed E-state index contributed by atoms with van der Waals surface area (Å²) in [6, 6.07) is 7.59. The van der Waals surface area contributed by atoms with Crippen LogP contribution in [0.3, 0.4) is 0 Å². The molecule has 0 fully saturated rings. The largest absolute Gasteiger partial charge is 0.491 e. The summed E-state index contributed by atoms with van der Waals surface area (Å²) in [5.41, 5.74) is 0.915. The Bertz CT molecular complexity index is 250. The van der Waals surface area contributed by atoms with Gasteiger partial charge in [0, 0.05) is 8.48 Å². The molecule has 0 atom stereocenters. The van der Waals surface area contributed by atoms with E-state index in [0.29, 0.717) is 13.2 Å². The third kappa shape index (κ3) is 2.55. The van der Waals surface area contributed by atoms with Crippen LogP contribution in [0, 0.1) is 6.90 Å². The number of para-hydroxylation sites is 1. The number of methoxy groups -OCH3 is 1. The number of hydrogen-bond donors (Lipinski definition) is 0. The molecule has 1 aromatic carbocycles. The topological polar surface area (TPSA) is 18.5 Å². The number of hydrogen-bond acceptors (Lipinski definition) is 2. The molecular weight excluding hydrogens is 152 g/mol. The Morgan fingerprint density at radius 3 is 2.92 bits per heavy atom. The first-order valence-electron chi connectivity index (χ1n) is 4.58. The van der Waals surface area contributed by atoms with E-state index in [-0.39, 0.29) is 6.90 Å². The molecule has 1 rings (SSSR count). The fraction of sp³-hybridized carbons (Fsp3) is 0.400. The highest BCUT2D eigenvalue weighted by atomic mass is 16.5. The number of rotatable bonds is 4. The van der Waals surface area contributed by atoms with Crippen molar-refractivity contribution < 1.29 is 10.8 Å². The molecule has 1 aromatic rings. The summed E-state index contributed by atoms with van der Waals surface area (Å²) in [5.74, 6) is 0.787. The maximum atomic E-state index is 7.25. The molecule has 66 valence electrons. The summed E-state index contributed by atoms with van der Waals surface area (Å²) < 4.78 is 17.5. The first-order valence-corrected chi connectivity index (χ1v) is 3.87. The Hall–Kier alpha value is -1.02. The molecule has 0 unspecified atom stereocenters. The molecule has 12 heavy (non-hydrogen) atoms. The van der Waals surface area contributed by atoms with Gasteiger partial charge in [0.1, 0.15) is 12.4 Å². The molecule has 0 saturated heterocycles. The molecule has 0 N–H and O–H groups in total. The molecule has 0 aliphatic carbocycles. The van der Waals surface area contributed by atoms with Crippen molar-refractivity contribution in [1.82, 2.24) is 0 Å². The van der Waals surface area contributed by atoms with Crippen LogP contribution in [0.15, 0.2) is 24.3 Å². The van der Waals surface area contributed by atoms with E-state index in [4.69, 9.17) is 10.8 Å². The van der Waals surface area contributed by atoms with Gasteiger partial charge in [-0.15, -0.1) is 0 Å². The van der Waals surface area contributed by atoms with Crippen molar-refractivity contribution >= 4 is 0 Å². The Balaban J connectivity index is 2.54. The van der Waals surface area contributed by atoms with Gasteiger partial charge in [-0.05, 0) is 18.5 Å². The Morgan fingerprint density at radius 2 is 2.17 bits per heavy atom. The van der Waals surface area contributed by atoms with Gasteiger partial charge in [0.2, 0.25) is 0 Å². The summed E-state index contributed by atoms with van der Waals surface area (Å²) >= 11 is 0. The zero-order valence-electron chi connectivity index (χ0n) is 8.25. The molecule has 0 radical (unpaired) electrons. The second-order valence-electron chi connectivity index (χ2n) is 2.45. The lowest BCUT2D eigenvalue weighted by atomic mass is 10.2. The van der Waals surface area contributed by atoms with Gasteiger partial charge in [0.25, 0.3) is 0 Å². The van der Waals surface area contributed by atoms with Crippen molar-refractivity contribution in [3.63, 3.8) is 0 Å². The molecule has 0 amide bonds. The molecule has 2 heteroatoms. The average Bonchev–Trinajstić information content (AvgIpc) is 2.19. The SMILES string of the molecule is [2H]Cc1ccccc1OCCOC. The minimum absolute atomic E-state index is 0.253. The Labute approximate surface area is 74.5 Å². The van der Waals surface area contributed by atoms with Crippen molar-refractivity contribution in [2.24, 2.45) is 0 Å². The molecule has 0 aromatic heterocycles. The zero-order chi connectivity index (χ0) is 9.52. The number of benzene rings is 1. The van der Waals surface area contributed by atoms with Crippen LogP contribution in [0.2, 0.25) is 0 Å². The van der Waals surface area contributed by atoms with Crippen LogP contribution in [0.5, 0.6) is 5.75 Å². The average molecular weight is 167 g/mol. The highest BCUT2D eigenvalue weighted by Crippen LogP contribution is 2.15. The monoisotopic (exact) mass is 167 g/mol. The van der Waals surface area contributed by atoms with Crippen molar-refractivity contribution in [3.8, 4) is 5.75 Å². The maximum absolute atomic E-state index is 7.25. The van der Waals surface area contributed by atoms with E-state index < -0.39 is 0 Å². The molecule has 0 aliphatic rings. The van der Waals surface area contributed by atoms with Crippen LogP contribution in [-0.2, 0) is 4.74 Å². The van der Waals surface area contributed by atoms with Gasteiger partial charge in [0.15, 0.2) is 0 Å². The molecule has 0 spiro atoms. The van der Waals surface area contributed by atoms with E-state index in [9.17, 15) is 0 Å². The first-order chi connectivity index (χ1) is 6.38. The van der Waals surface area contributed by atoms with E-state index in [1.54, 1.807) is 7.11 Å². The molecule has 0 saturated carbocycles. The van der Waals surface area contributed by atoms with E-state index in [2.05, 4.69) is 0 Å². The van der Waals surface area contributed by atoms with Crippen LogP contribution in [0.25, 0.3) is 0 Å². The lowest BCUT2D eigenvalue weighted by Crippen LogP contribution is -2.04. The molecule has 0 aliphatic heterocycles. The summed E-state index contributed by atoms with van der Waals surface area (Å²) in [6.45, 7) is 1.36. The van der Waals surface area contributed by atoms with Crippen LogP contribution >= 0.6 is 0 Å². The second kappa shape index (κ2) is 4.78. The van der Waals surface area contributed by atoms with Gasteiger partial charge < -0.3 is 9.47 Å². The maximum Gasteiger partial charge on any atom is 0.122 e. The lowest BCUT2D eigenvalue weighted by molar-refractivity contribution is 0.146. The Kier molecular flexibility index (Phi) is 3.03. The second-order valence-corrected chi connectivity index (χ2v) is 2.45. The standard InChI is InChI=1S/C10H14O2/c1-9-5-3-4-6-10(9)12-8-7-11-2/h3-6H,7-8H2,1-2H3/i1D. The van der Waals surface area contributed by atoms with E-state index in [1.807, 2.05) is 24.3 Å². The molecule has 0 bridgehead atoms. The molecule has 2 nitrogen and oxygen atoms in total. The predicted octanol–water partition coefficient (Wildman–Crippen LogP) is 2.02. The third-order valence-corrected chi connectivity index (χ3v) is 1.52. The van der Waals surface area contributed by atoms with E-state index >= 15 is 0 Å². The highest BCUT2D eigenvalue weighted by Gasteiger charge is 1.95. The number of aryl methyl sites for hydroxylation is 1. The summed E-state index contributed by atoms with van der Waals surface area (Å²) in [7, 11) is 1.64. The van der Waals surface area contributed by atoms with Crippen LogP contribution in [-0.4, -0.2) is 20.3 Å². The molecule has 0 heterocycles. The van der Waals surface area contributed by atoms with Gasteiger partial charge in [0.05, 0.1) is 6.61 Å². The highest BCUT2D eigenvalue weighted by molar-refractivity contribution is 5.31. The van der Waals surface area contributed by atoms with Crippen molar-refractivity contribution in [1.29, 1.82) is 0 Å². The zero-order valence-corrected chi connectivity index (χ0v) is 7.25. The van der Waals surface area contributed by atoms with Crippen LogP contribution in [0.1, 0.15) is 6.93 Å². The van der Waals surface area contributed by atoms with Gasteiger partial charge in [-0.1, -0.05) is 18.2 Å². The van der Waals surface area contributed by atoms with Crippen molar-refractivity contribution in [2.45, 2.75) is 6.90 Å². The van der Waals surface area contributed by atoms with Gasteiger partial charge in [-0.25, -0.2) is 0 Å². The molecular formula is C10H14O2.